The summed E-state index contributed by atoms with van der Waals surface area (Å²) in [5, 5.41) is 0. The van der Waals surface area contributed by atoms with E-state index in [1.165, 1.54) is 11.3 Å². The molecule has 1 aromatic heterocycles. The molecule has 3 nitrogen and oxygen atoms in total. The first-order chi connectivity index (χ1) is 8.22. The first-order valence-corrected chi connectivity index (χ1v) is 6.29. The van der Waals surface area contributed by atoms with E-state index in [0.717, 1.165) is 23.2 Å². The number of halogens is 1. The third-order valence-corrected chi connectivity index (χ3v) is 3.49. The third-order valence-electron chi connectivity index (χ3n) is 2.83. The summed E-state index contributed by atoms with van der Waals surface area (Å²) >= 11 is 3.46. The molecule has 1 aromatic carbocycles. The molecule has 0 unspecified atom stereocenters. The molecule has 0 radical (unpaired) electrons. The van der Waals surface area contributed by atoms with Crippen LogP contribution < -0.4 is 4.74 Å². The Kier molecular flexibility index (Phi) is 3.84. The number of ether oxygens (including phenoxy) is 1. The molecule has 0 bridgehead atoms. The van der Waals surface area contributed by atoms with Crippen molar-refractivity contribution in [1.29, 1.82) is 0 Å². The van der Waals surface area contributed by atoms with Gasteiger partial charge in [-0.1, -0.05) is 18.2 Å². The summed E-state index contributed by atoms with van der Waals surface area (Å²) in [5.74, 6) is 0.950. The quantitative estimate of drug-likeness (QED) is 0.867. The van der Waals surface area contributed by atoms with Crippen LogP contribution in [0.4, 0.5) is 0 Å². The molecule has 2 aromatic rings. The van der Waals surface area contributed by atoms with Crippen molar-refractivity contribution >= 4 is 15.9 Å². The summed E-state index contributed by atoms with van der Waals surface area (Å²) < 4.78 is 8.31. The smallest absolute Gasteiger partial charge is 0.127 e. The predicted molar refractivity (Wildman–Crippen MR) is 71.3 cm³/mol. The number of methoxy groups -OCH3 is 1. The number of aryl methyl sites for hydroxylation is 2. The standard InChI is InChI=1S/C13H15BrN2O/c1-16-9-15-13(14)11(16)8-7-10-5-3-4-6-12(10)17-2/h3-6,9H,7-8H2,1-2H3. The van der Waals surface area contributed by atoms with E-state index in [9.17, 15) is 0 Å². The Balaban J connectivity index is 2.12. The van der Waals surface area contributed by atoms with Crippen LogP contribution in [0.2, 0.25) is 0 Å². The van der Waals surface area contributed by atoms with Crippen LogP contribution in [0.1, 0.15) is 11.3 Å². The Morgan fingerprint density at radius 3 is 2.71 bits per heavy atom. The molecule has 1 heterocycles. The number of nitrogens with zero attached hydrogens (tertiary/aromatic N) is 2. The van der Waals surface area contributed by atoms with Crippen LogP contribution in [0.15, 0.2) is 35.2 Å². The van der Waals surface area contributed by atoms with Gasteiger partial charge in [-0.15, -0.1) is 0 Å². The van der Waals surface area contributed by atoms with Crippen LogP contribution in [-0.4, -0.2) is 16.7 Å². The van der Waals surface area contributed by atoms with Gasteiger partial charge < -0.3 is 9.30 Å². The van der Waals surface area contributed by atoms with Gasteiger partial charge in [0.05, 0.1) is 19.1 Å². The van der Waals surface area contributed by atoms with Crippen LogP contribution in [0, 0.1) is 0 Å². The van der Waals surface area contributed by atoms with E-state index in [4.69, 9.17) is 4.74 Å². The SMILES string of the molecule is COc1ccccc1CCc1c(Br)ncn1C. The maximum absolute atomic E-state index is 5.34. The van der Waals surface area contributed by atoms with E-state index in [-0.39, 0.29) is 0 Å². The van der Waals surface area contributed by atoms with Crippen molar-refractivity contribution in [2.45, 2.75) is 12.8 Å². The molecule has 4 heteroatoms. The minimum Gasteiger partial charge on any atom is -0.496 e. The van der Waals surface area contributed by atoms with Gasteiger partial charge in [0.2, 0.25) is 0 Å². The molecule has 0 N–H and O–H groups in total. The number of para-hydroxylation sites is 1. The van der Waals surface area contributed by atoms with Crippen LogP contribution in [0.5, 0.6) is 5.75 Å². The van der Waals surface area contributed by atoms with Gasteiger partial charge in [-0.25, -0.2) is 4.98 Å². The lowest BCUT2D eigenvalue weighted by molar-refractivity contribution is 0.409. The molecule has 0 aliphatic heterocycles. The van der Waals surface area contributed by atoms with E-state index < -0.39 is 0 Å². The maximum Gasteiger partial charge on any atom is 0.127 e. The van der Waals surface area contributed by atoms with Crippen molar-refractivity contribution in [3.8, 4) is 5.75 Å². The lowest BCUT2D eigenvalue weighted by Crippen LogP contribution is -2.00. The fraction of sp³-hybridized carbons (Fsp3) is 0.308. The highest BCUT2D eigenvalue weighted by Gasteiger charge is 2.08. The number of rotatable bonds is 4. The molecule has 0 aliphatic carbocycles. The average Bonchev–Trinajstić information content (AvgIpc) is 2.67. The zero-order chi connectivity index (χ0) is 12.3. The van der Waals surface area contributed by atoms with E-state index in [0.29, 0.717) is 0 Å². The van der Waals surface area contributed by atoms with Crippen LogP contribution in [0.25, 0.3) is 0 Å². The number of imidazole rings is 1. The molecule has 90 valence electrons. The summed E-state index contributed by atoms with van der Waals surface area (Å²) in [6.45, 7) is 0. The normalized spacial score (nSPS) is 10.5. The Hall–Kier alpha value is -1.29. The highest BCUT2D eigenvalue weighted by Crippen LogP contribution is 2.21. The summed E-state index contributed by atoms with van der Waals surface area (Å²) in [5.41, 5.74) is 2.43. The maximum atomic E-state index is 5.34. The Labute approximate surface area is 110 Å². The largest absolute Gasteiger partial charge is 0.496 e. The zero-order valence-electron chi connectivity index (χ0n) is 9.98. The summed E-state index contributed by atoms with van der Waals surface area (Å²) in [6, 6.07) is 8.12. The first-order valence-electron chi connectivity index (χ1n) is 5.50. The summed E-state index contributed by atoms with van der Waals surface area (Å²) in [4.78, 5) is 4.22. The van der Waals surface area contributed by atoms with Crippen molar-refractivity contribution in [3.05, 3.63) is 46.5 Å². The first kappa shape index (κ1) is 12.2. The Morgan fingerprint density at radius 1 is 1.29 bits per heavy atom. The van der Waals surface area contributed by atoms with Crippen molar-refractivity contribution in [3.63, 3.8) is 0 Å². The highest BCUT2D eigenvalue weighted by atomic mass is 79.9. The Morgan fingerprint density at radius 2 is 2.06 bits per heavy atom. The average molecular weight is 295 g/mol. The van der Waals surface area contributed by atoms with Gasteiger partial charge in [0.1, 0.15) is 10.4 Å². The minimum absolute atomic E-state index is 0.926. The second-order valence-corrected chi connectivity index (χ2v) is 4.66. The van der Waals surface area contributed by atoms with Crippen molar-refractivity contribution in [2.75, 3.05) is 7.11 Å². The van der Waals surface area contributed by atoms with Gasteiger partial charge in [0.25, 0.3) is 0 Å². The number of hydrogen-bond acceptors (Lipinski definition) is 2. The fourth-order valence-electron chi connectivity index (χ4n) is 1.87. The molecule has 0 saturated carbocycles. The molecule has 0 fully saturated rings. The molecular formula is C13H15BrN2O. The number of aromatic nitrogens is 2. The Bertz CT molecular complexity index is 488. The summed E-state index contributed by atoms with van der Waals surface area (Å²) in [7, 11) is 3.72. The monoisotopic (exact) mass is 294 g/mol. The molecule has 0 spiro atoms. The molecule has 0 aliphatic rings. The molecule has 17 heavy (non-hydrogen) atoms. The van der Waals surface area contributed by atoms with E-state index in [2.05, 4.69) is 27.0 Å². The molecular weight excluding hydrogens is 280 g/mol. The molecule has 0 atom stereocenters. The van der Waals surface area contributed by atoms with E-state index in [1.54, 1.807) is 7.11 Å². The van der Waals surface area contributed by atoms with Crippen molar-refractivity contribution in [2.24, 2.45) is 7.05 Å². The van der Waals surface area contributed by atoms with E-state index >= 15 is 0 Å². The number of benzene rings is 1. The molecule has 0 amide bonds. The summed E-state index contributed by atoms with van der Waals surface area (Å²) in [6.07, 6.45) is 3.71. The van der Waals surface area contributed by atoms with Crippen LogP contribution in [0.3, 0.4) is 0 Å². The van der Waals surface area contributed by atoms with Gasteiger partial charge in [-0.05, 0) is 40.4 Å². The van der Waals surface area contributed by atoms with Gasteiger partial charge >= 0.3 is 0 Å². The van der Waals surface area contributed by atoms with Gasteiger partial charge in [0.15, 0.2) is 0 Å². The van der Waals surface area contributed by atoms with Crippen LogP contribution in [-0.2, 0) is 19.9 Å². The molecule has 0 saturated heterocycles. The highest BCUT2D eigenvalue weighted by molar-refractivity contribution is 9.10. The topological polar surface area (TPSA) is 27.1 Å². The second kappa shape index (κ2) is 5.36. The number of hydrogen-bond donors (Lipinski definition) is 0. The zero-order valence-corrected chi connectivity index (χ0v) is 11.6. The van der Waals surface area contributed by atoms with Crippen LogP contribution >= 0.6 is 15.9 Å². The predicted octanol–water partition coefficient (Wildman–Crippen LogP) is 2.98. The van der Waals surface area contributed by atoms with Gasteiger partial charge in [0, 0.05) is 7.05 Å². The van der Waals surface area contributed by atoms with Crippen molar-refractivity contribution < 1.29 is 4.74 Å². The molecule has 2 rings (SSSR count). The lowest BCUT2D eigenvalue weighted by Gasteiger charge is -2.08. The second-order valence-electron chi connectivity index (χ2n) is 3.90. The van der Waals surface area contributed by atoms with Gasteiger partial charge in [-0.3, -0.25) is 0 Å². The van der Waals surface area contributed by atoms with Gasteiger partial charge in [-0.2, -0.15) is 0 Å². The van der Waals surface area contributed by atoms with E-state index in [1.807, 2.05) is 36.1 Å². The minimum atomic E-state index is 0.926. The van der Waals surface area contributed by atoms with Crippen molar-refractivity contribution in [1.82, 2.24) is 9.55 Å². The third kappa shape index (κ3) is 2.69. The lowest BCUT2D eigenvalue weighted by atomic mass is 10.1. The fourth-order valence-corrected chi connectivity index (χ4v) is 2.44.